The molecule has 1 aromatic rings. The molecule has 1 heterocycles. The van der Waals surface area contributed by atoms with E-state index in [9.17, 15) is 8.42 Å². The number of methoxy groups -OCH3 is 1. The van der Waals surface area contributed by atoms with Crippen LogP contribution in [0.4, 0.5) is 5.69 Å². The maximum Gasteiger partial charge on any atom is 0.240 e. The predicted molar refractivity (Wildman–Crippen MR) is 76.2 cm³/mol. The van der Waals surface area contributed by atoms with Crippen molar-refractivity contribution in [1.82, 2.24) is 4.72 Å². The smallest absolute Gasteiger partial charge is 0.240 e. The molecule has 1 aliphatic rings. The molecule has 1 fully saturated rings. The lowest BCUT2D eigenvalue weighted by molar-refractivity contribution is 0.0173. The van der Waals surface area contributed by atoms with Gasteiger partial charge >= 0.3 is 0 Å². The highest BCUT2D eigenvalue weighted by molar-refractivity contribution is 7.89. The fraction of sp³-hybridized carbons (Fsp3) is 0.538. The Morgan fingerprint density at radius 3 is 2.80 bits per heavy atom. The molecule has 0 saturated carbocycles. The minimum atomic E-state index is -3.57. The Kier molecular flexibility index (Phi) is 4.52. The van der Waals surface area contributed by atoms with Crippen LogP contribution in [0.2, 0.25) is 0 Å². The van der Waals surface area contributed by atoms with Crippen LogP contribution in [0.25, 0.3) is 0 Å². The Morgan fingerprint density at radius 1 is 1.45 bits per heavy atom. The Bertz CT molecular complexity index is 574. The van der Waals surface area contributed by atoms with E-state index in [1.807, 2.05) is 6.92 Å². The van der Waals surface area contributed by atoms with Crippen LogP contribution in [0, 0.1) is 0 Å². The van der Waals surface area contributed by atoms with Gasteiger partial charge in [-0.25, -0.2) is 13.1 Å². The zero-order valence-corrected chi connectivity index (χ0v) is 12.4. The lowest BCUT2D eigenvalue weighted by Crippen LogP contribution is -2.41. The van der Waals surface area contributed by atoms with Gasteiger partial charge in [0.25, 0.3) is 0 Å². The van der Waals surface area contributed by atoms with Crippen LogP contribution in [0.3, 0.4) is 0 Å². The van der Waals surface area contributed by atoms with Crippen LogP contribution in [0.1, 0.15) is 19.8 Å². The Morgan fingerprint density at radius 2 is 2.20 bits per heavy atom. The van der Waals surface area contributed by atoms with Crippen LogP contribution in [0.15, 0.2) is 23.1 Å². The summed E-state index contributed by atoms with van der Waals surface area (Å²) in [6.07, 6.45) is 1.41. The van der Waals surface area contributed by atoms with Crippen molar-refractivity contribution >= 4 is 15.7 Å². The summed E-state index contributed by atoms with van der Waals surface area (Å²) in [7, 11) is -2.08. The molecule has 0 amide bonds. The van der Waals surface area contributed by atoms with E-state index < -0.39 is 10.0 Å². The summed E-state index contributed by atoms with van der Waals surface area (Å²) < 4.78 is 37.7. The number of anilines is 1. The molecule has 6 nitrogen and oxygen atoms in total. The second-order valence-corrected chi connectivity index (χ2v) is 6.64. The summed E-state index contributed by atoms with van der Waals surface area (Å²) in [4.78, 5) is 0.148. The molecular formula is C13H20N2O4S. The average Bonchev–Trinajstić information content (AvgIpc) is 2.38. The van der Waals surface area contributed by atoms with Crippen molar-refractivity contribution < 1.29 is 17.9 Å². The predicted octanol–water partition coefficient (Wildman–Crippen LogP) is 1.12. The summed E-state index contributed by atoms with van der Waals surface area (Å²) >= 11 is 0. The first-order valence-electron chi connectivity index (χ1n) is 6.50. The van der Waals surface area contributed by atoms with Crippen molar-refractivity contribution in [3.8, 4) is 5.75 Å². The molecule has 0 aromatic heterocycles. The Hall–Kier alpha value is -1.31. The number of ether oxygens (including phenoxy) is 2. The van der Waals surface area contributed by atoms with Gasteiger partial charge in [0.15, 0.2) is 0 Å². The van der Waals surface area contributed by atoms with E-state index in [-0.39, 0.29) is 17.0 Å². The second kappa shape index (κ2) is 5.99. The van der Waals surface area contributed by atoms with Gasteiger partial charge in [-0.2, -0.15) is 0 Å². The Balaban J connectivity index is 2.15. The summed E-state index contributed by atoms with van der Waals surface area (Å²) in [5.74, 6) is 0.462. The number of nitrogen functional groups attached to an aromatic ring is 1. The molecule has 1 saturated heterocycles. The van der Waals surface area contributed by atoms with Crippen LogP contribution >= 0.6 is 0 Å². The van der Waals surface area contributed by atoms with Crippen molar-refractivity contribution in [3.63, 3.8) is 0 Å². The third-order valence-electron chi connectivity index (χ3n) is 3.32. The van der Waals surface area contributed by atoms with E-state index in [1.54, 1.807) is 6.07 Å². The van der Waals surface area contributed by atoms with Gasteiger partial charge in [0.2, 0.25) is 10.0 Å². The highest BCUT2D eigenvalue weighted by Crippen LogP contribution is 2.25. The monoisotopic (exact) mass is 300 g/mol. The molecular weight excluding hydrogens is 280 g/mol. The number of hydrogen-bond donors (Lipinski definition) is 2. The fourth-order valence-corrected chi connectivity index (χ4v) is 3.59. The van der Waals surface area contributed by atoms with E-state index in [0.29, 0.717) is 30.9 Å². The first-order valence-corrected chi connectivity index (χ1v) is 7.98. The van der Waals surface area contributed by atoms with Crippen molar-refractivity contribution in [2.45, 2.75) is 36.8 Å². The van der Waals surface area contributed by atoms with Gasteiger partial charge in [0.1, 0.15) is 5.75 Å². The number of nitrogens with one attached hydrogen (secondary N) is 1. The quantitative estimate of drug-likeness (QED) is 0.813. The average molecular weight is 300 g/mol. The fourth-order valence-electron chi connectivity index (χ4n) is 2.27. The number of benzene rings is 1. The van der Waals surface area contributed by atoms with E-state index in [1.165, 1.54) is 19.2 Å². The van der Waals surface area contributed by atoms with Crippen LogP contribution in [-0.2, 0) is 14.8 Å². The van der Waals surface area contributed by atoms with Gasteiger partial charge in [-0.05, 0) is 38.0 Å². The van der Waals surface area contributed by atoms with Crippen molar-refractivity contribution in [3.05, 3.63) is 18.2 Å². The maximum absolute atomic E-state index is 12.3. The van der Waals surface area contributed by atoms with Gasteiger partial charge < -0.3 is 15.2 Å². The lowest BCUT2D eigenvalue weighted by atomic mass is 10.1. The lowest BCUT2D eigenvalue weighted by Gasteiger charge is -2.27. The first kappa shape index (κ1) is 15.1. The molecule has 0 spiro atoms. The van der Waals surface area contributed by atoms with Crippen molar-refractivity contribution in [1.29, 1.82) is 0 Å². The standard InChI is InChI=1S/C13H20N2O4S/c1-9-7-10(5-6-19-9)15-20(16,17)11-3-4-13(18-2)12(14)8-11/h3-4,8-10,15H,5-7,14H2,1-2H3. The molecule has 0 radical (unpaired) electrons. The van der Waals surface area contributed by atoms with Gasteiger partial charge in [-0.3, -0.25) is 0 Å². The number of nitrogens with two attached hydrogens (primary N) is 1. The van der Waals surface area contributed by atoms with E-state index >= 15 is 0 Å². The van der Waals surface area contributed by atoms with Crippen molar-refractivity contribution in [2.75, 3.05) is 19.5 Å². The van der Waals surface area contributed by atoms with Gasteiger partial charge in [0, 0.05) is 12.6 Å². The molecule has 112 valence electrons. The normalized spacial score (nSPS) is 23.5. The summed E-state index contributed by atoms with van der Waals surface area (Å²) in [5.41, 5.74) is 6.05. The molecule has 1 aromatic carbocycles. The minimum Gasteiger partial charge on any atom is -0.495 e. The summed E-state index contributed by atoms with van der Waals surface area (Å²) in [6, 6.07) is 4.34. The number of rotatable bonds is 4. The topological polar surface area (TPSA) is 90.7 Å². The van der Waals surface area contributed by atoms with E-state index in [0.717, 1.165) is 0 Å². The molecule has 1 aliphatic heterocycles. The summed E-state index contributed by atoms with van der Waals surface area (Å²) in [6.45, 7) is 2.50. The van der Waals surface area contributed by atoms with Crippen LogP contribution in [-0.4, -0.2) is 34.3 Å². The molecule has 3 N–H and O–H groups in total. The molecule has 2 atom stereocenters. The van der Waals surface area contributed by atoms with Crippen LogP contribution in [0.5, 0.6) is 5.75 Å². The third-order valence-corrected chi connectivity index (χ3v) is 4.84. The molecule has 2 unspecified atom stereocenters. The second-order valence-electron chi connectivity index (χ2n) is 4.93. The van der Waals surface area contributed by atoms with E-state index in [2.05, 4.69) is 4.72 Å². The SMILES string of the molecule is COc1ccc(S(=O)(=O)NC2CCOC(C)C2)cc1N. The minimum absolute atomic E-state index is 0.0670. The first-order chi connectivity index (χ1) is 9.42. The number of hydrogen-bond acceptors (Lipinski definition) is 5. The third kappa shape index (κ3) is 3.41. The van der Waals surface area contributed by atoms with Gasteiger partial charge in [-0.1, -0.05) is 0 Å². The van der Waals surface area contributed by atoms with Crippen LogP contribution < -0.4 is 15.2 Å². The highest BCUT2D eigenvalue weighted by Gasteiger charge is 2.25. The maximum atomic E-state index is 12.3. The van der Waals surface area contributed by atoms with E-state index in [4.69, 9.17) is 15.2 Å². The molecule has 7 heteroatoms. The molecule has 20 heavy (non-hydrogen) atoms. The largest absolute Gasteiger partial charge is 0.495 e. The molecule has 0 bridgehead atoms. The summed E-state index contributed by atoms with van der Waals surface area (Å²) in [5, 5.41) is 0. The number of sulfonamides is 1. The highest BCUT2D eigenvalue weighted by atomic mass is 32.2. The molecule has 0 aliphatic carbocycles. The van der Waals surface area contributed by atoms with Crippen molar-refractivity contribution in [2.24, 2.45) is 0 Å². The van der Waals surface area contributed by atoms with Gasteiger partial charge in [0.05, 0.1) is 23.8 Å². The van der Waals surface area contributed by atoms with Gasteiger partial charge in [-0.15, -0.1) is 0 Å². The Labute approximate surface area is 119 Å². The zero-order valence-electron chi connectivity index (χ0n) is 11.6. The molecule has 2 rings (SSSR count). The zero-order chi connectivity index (χ0) is 14.8.